The normalized spacial score (nSPS) is 9.71. The molecule has 1 rings (SSSR count). The van der Waals surface area contributed by atoms with Gasteiger partial charge >= 0.3 is 5.97 Å². The number of hydrogen-bond acceptors (Lipinski definition) is 4. The van der Waals surface area contributed by atoms with Gasteiger partial charge in [-0.3, -0.25) is 10.1 Å². The summed E-state index contributed by atoms with van der Waals surface area (Å²) < 4.78 is 0. The summed E-state index contributed by atoms with van der Waals surface area (Å²) in [6.45, 7) is 4.08. The summed E-state index contributed by atoms with van der Waals surface area (Å²) in [4.78, 5) is 22.6. The number of rotatable bonds is 5. The van der Waals surface area contributed by atoms with Gasteiger partial charge in [-0.15, -0.1) is 6.58 Å². The fourth-order valence-electron chi connectivity index (χ4n) is 1.39. The van der Waals surface area contributed by atoms with Crippen molar-refractivity contribution in [3.8, 4) is 0 Å². The Morgan fingerprint density at radius 3 is 2.76 bits per heavy atom. The summed E-state index contributed by atoms with van der Waals surface area (Å²) in [6.07, 6.45) is 1.65. The van der Waals surface area contributed by atoms with Crippen LogP contribution in [-0.4, -0.2) is 29.6 Å². The molecule has 90 valence electrons. The molecule has 0 fully saturated rings. The SMILES string of the molecule is C=CCN(C)c1ccc(C(=O)O)c([N+](=O)[O-])c1. The Balaban J connectivity index is 3.23. The molecule has 0 spiro atoms. The van der Waals surface area contributed by atoms with E-state index in [1.54, 1.807) is 18.0 Å². The predicted octanol–water partition coefficient (Wildman–Crippen LogP) is 1.92. The molecule has 1 aromatic rings. The van der Waals surface area contributed by atoms with E-state index in [0.29, 0.717) is 12.2 Å². The summed E-state index contributed by atoms with van der Waals surface area (Å²) >= 11 is 0. The second kappa shape index (κ2) is 5.11. The largest absolute Gasteiger partial charge is 0.477 e. The summed E-state index contributed by atoms with van der Waals surface area (Å²) in [5.74, 6) is -1.31. The van der Waals surface area contributed by atoms with Gasteiger partial charge in [-0.05, 0) is 12.1 Å². The van der Waals surface area contributed by atoms with Gasteiger partial charge in [0.05, 0.1) is 4.92 Å². The smallest absolute Gasteiger partial charge is 0.342 e. The molecule has 0 amide bonds. The average molecular weight is 236 g/mol. The number of carbonyl (C=O) groups is 1. The minimum atomic E-state index is -1.31. The first-order valence-corrected chi connectivity index (χ1v) is 4.81. The minimum absolute atomic E-state index is 0.314. The van der Waals surface area contributed by atoms with Gasteiger partial charge in [-0.25, -0.2) is 4.79 Å². The Morgan fingerprint density at radius 1 is 1.65 bits per heavy atom. The van der Waals surface area contributed by atoms with Crippen LogP contribution in [0.4, 0.5) is 11.4 Å². The Labute approximate surface area is 97.9 Å². The maximum absolute atomic E-state index is 10.8. The second-order valence-electron chi connectivity index (χ2n) is 3.43. The molecule has 6 nitrogen and oxygen atoms in total. The van der Waals surface area contributed by atoms with Crippen LogP contribution in [0.3, 0.4) is 0 Å². The molecule has 0 saturated heterocycles. The fourth-order valence-corrected chi connectivity index (χ4v) is 1.39. The number of nitro groups is 1. The molecule has 1 N–H and O–H groups in total. The topological polar surface area (TPSA) is 83.7 Å². The Morgan fingerprint density at radius 2 is 2.29 bits per heavy atom. The van der Waals surface area contributed by atoms with Crippen LogP contribution in [0.2, 0.25) is 0 Å². The zero-order chi connectivity index (χ0) is 13.0. The van der Waals surface area contributed by atoms with Crippen molar-refractivity contribution in [3.63, 3.8) is 0 Å². The van der Waals surface area contributed by atoms with Gasteiger partial charge in [-0.2, -0.15) is 0 Å². The van der Waals surface area contributed by atoms with Crippen molar-refractivity contribution in [2.24, 2.45) is 0 Å². The third-order valence-corrected chi connectivity index (χ3v) is 2.25. The van der Waals surface area contributed by atoms with Crippen LogP contribution in [0, 0.1) is 10.1 Å². The first-order valence-electron chi connectivity index (χ1n) is 4.81. The van der Waals surface area contributed by atoms with Crippen molar-refractivity contribution in [2.45, 2.75) is 0 Å². The fraction of sp³-hybridized carbons (Fsp3) is 0.182. The zero-order valence-electron chi connectivity index (χ0n) is 9.29. The van der Waals surface area contributed by atoms with Gasteiger partial charge in [-0.1, -0.05) is 6.08 Å². The van der Waals surface area contributed by atoms with E-state index in [4.69, 9.17) is 5.11 Å². The third kappa shape index (κ3) is 2.81. The lowest BCUT2D eigenvalue weighted by Crippen LogP contribution is -2.17. The Hall–Kier alpha value is -2.37. The molecule has 0 aromatic heterocycles. The van der Waals surface area contributed by atoms with E-state index in [9.17, 15) is 14.9 Å². The highest BCUT2D eigenvalue weighted by molar-refractivity contribution is 5.93. The van der Waals surface area contributed by atoms with Crippen molar-refractivity contribution in [1.29, 1.82) is 0 Å². The van der Waals surface area contributed by atoms with Crippen LogP contribution in [0.1, 0.15) is 10.4 Å². The summed E-state index contributed by atoms with van der Waals surface area (Å²) in [6, 6.07) is 4.00. The number of aromatic carboxylic acids is 1. The third-order valence-electron chi connectivity index (χ3n) is 2.25. The monoisotopic (exact) mass is 236 g/mol. The number of hydrogen-bond donors (Lipinski definition) is 1. The minimum Gasteiger partial charge on any atom is -0.477 e. The molecule has 0 radical (unpaired) electrons. The highest BCUT2D eigenvalue weighted by Crippen LogP contribution is 2.25. The molecule has 17 heavy (non-hydrogen) atoms. The Bertz CT molecular complexity index is 471. The highest BCUT2D eigenvalue weighted by Gasteiger charge is 2.20. The van der Waals surface area contributed by atoms with Gasteiger partial charge in [0.1, 0.15) is 5.56 Å². The first kappa shape index (κ1) is 12.7. The predicted molar refractivity (Wildman–Crippen MR) is 63.5 cm³/mol. The number of benzene rings is 1. The molecule has 0 aliphatic rings. The number of nitrogens with zero attached hydrogens (tertiary/aromatic N) is 2. The lowest BCUT2D eigenvalue weighted by Gasteiger charge is -2.16. The molecule has 0 aliphatic heterocycles. The van der Waals surface area contributed by atoms with E-state index in [-0.39, 0.29) is 5.56 Å². The molecule has 0 aliphatic carbocycles. The molecular weight excluding hydrogens is 224 g/mol. The average Bonchev–Trinajstić information content (AvgIpc) is 2.28. The van der Waals surface area contributed by atoms with Crippen LogP contribution >= 0.6 is 0 Å². The van der Waals surface area contributed by atoms with E-state index in [1.807, 2.05) is 0 Å². The van der Waals surface area contributed by atoms with Crippen LogP contribution in [0.15, 0.2) is 30.9 Å². The lowest BCUT2D eigenvalue weighted by atomic mass is 10.1. The van der Waals surface area contributed by atoms with E-state index in [0.717, 1.165) is 0 Å². The molecule has 0 bridgehead atoms. The summed E-state index contributed by atoms with van der Waals surface area (Å²) in [5, 5.41) is 19.6. The van der Waals surface area contributed by atoms with Gasteiger partial charge in [0.25, 0.3) is 5.69 Å². The zero-order valence-corrected chi connectivity index (χ0v) is 9.29. The number of likely N-dealkylation sites (N-methyl/N-ethyl adjacent to an activating group) is 1. The maximum Gasteiger partial charge on any atom is 0.342 e. The van der Waals surface area contributed by atoms with Crippen molar-refractivity contribution in [3.05, 3.63) is 46.5 Å². The van der Waals surface area contributed by atoms with E-state index < -0.39 is 16.6 Å². The molecule has 1 aromatic carbocycles. The Kier molecular flexibility index (Phi) is 3.82. The van der Waals surface area contributed by atoms with Crippen LogP contribution < -0.4 is 4.90 Å². The standard InChI is InChI=1S/C11H12N2O4/c1-3-6-12(2)8-4-5-9(11(14)15)10(7-8)13(16)17/h3-5,7H,1,6H2,2H3,(H,14,15). The van der Waals surface area contributed by atoms with Crippen molar-refractivity contribution >= 4 is 17.3 Å². The number of anilines is 1. The van der Waals surface area contributed by atoms with E-state index in [2.05, 4.69) is 6.58 Å². The van der Waals surface area contributed by atoms with Crippen LogP contribution in [0.5, 0.6) is 0 Å². The molecule has 0 unspecified atom stereocenters. The first-order chi connectivity index (χ1) is 7.97. The molecule has 0 heterocycles. The molecule has 0 saturated carbocycles. The highest BCUT2D eigenvalue weighted by atomic mass is 16.6. The van der Waals surface area contributed by atoms with Crippen LogP contribution in [0.25, 0.3) is 0 Å². The van der Waals surface area contributed by atoms with Gasteiger partial charge in [0.2, 0.25) is 0 Å². The van der Waals surface area contributed by atoms with Crippen molar-refractivity contribution in [2.75, 3.05) is 18.5 Å². The van der Waals surface area contributed by atoms with Gasteiger partial charge in [0.15, 0.2) is 0 Å². The van der Waals surface area contributed by atoms with E-state index in [1.165, 1.54) is 18.2 Å². The van der Waals surface area contributed by atoms with Gasteiger partial charge < -0.3 is 10.0 Å². The molecular formula is C11H12N2O4. The summed E-state index contributed by atoms with van der Waals surface area (Å²) in [7, 11) is 1.74. The number of carboxylic acid groups (broad SMARTS) is 1. The maximum atomic E-state index is 10.8. The van der Waals surface area contributed by atoms with Crippen molar-refractivity contribution in [1.82, 2.24) is 0 Å². The summed E-state index contributed by atoms with van der Waals surface area (Å²) in [5.41, 5.74) is -0.154. The molecule has 0 atom stereocenters. The quantitative estimate of drug-likeness (QED) is 0.479. The van der Waals surface area contributed by atoms with Crippen LogP contribution in [-0.2, 0) is 0 Å². The number of carboxylic acids is 1. The van der Waals surface area contributed by atoms with E-state index >= 15 is 0 Å². The van der Waals surface area contributed by atoms with Crippen molar-refractivity contribution < 1.29 is 14.8 Å². The second-order valence-corrected chi connectivity index (χ2v) is 3.43. The lowest BCUT2D eigenvalue weighted by molar-refractivity contribution is -0.385. The number of nitro benzene ring substituents is 1. The van der Waals surface area contributed by atoms with Gasteiger partial charge in [0, 0.05) is 25.3 Å². The molecule has 6 heteroatoms.